The van der Waals surface area contributed by atoms with E-state index in [2.05, 4.69) is 22.4 Å². The van der Waals surface area contributed by atoms with Crippen molar-refractivity contribution in [1.29, 1.82) is 0 Å². The molecule has 2 aromatic rings. The molecule has 0 bridgehead atoms. The molecule has 0 aliphatic heterocycles. The second-order valence-corrected chi connectivity index (χ2v) is 3.71. The zero-order valence-corrected chi connectivity index (χ0v) is 9.15. The van der Waals surface area contributed by atoms with Gasteiger partial charge in [-0.25, -0.2) is 4.68 Å². The number of tetrazole rings is 1. The molecule has 0 unspecified atom stereocenters. The molecule has 15 heavy (non-hydrogen) atoms. The highest BCUT2D eigenvalue weighted by atomic mass is 35.5. The van der Waals surface area contributed by atoms with Gasteiger partial charge in [-0.05, 0) is 40.6 Å². The number of benzene rings is 1. The lowest BCUT2D eigenvalue weighted by molar-refractivity contribution is 0.775. The molecular formula is C10H11ClN4. The van der Waals surface area contributed by atoms with Crippen LogP contribution in [0.3, 0.4) is 0 Å². The average Bonchev–Trinajstić information content (AvgIpc) is 2.71. The van der Waals surface area contributed by atoms with Crippen molar-refractivity contribution in [2.45, 2.75) is 19.8 Å². The molecule has 0 N–H and O–H groups in total. The first-order valence-electron chi connectivity index (χ1n) is 4.83. The van der Waals surface area contributed by atoms with Crippen LogP contribution in [0.5, 0.6) is 0 Å². The Hall–Kier alpha value is -1.42. The van der Waals surface area contributed by atoms with Gasteiger partial charge in [0.1, 0.15) is 6.33 Å². The van der Waals surface area contributed by atoms with E-state index in [0.29, 0.717) is 0 Å². The van der Waals surface area contributed by atoms with Crippen LogP contribution in [0, 0.1) is 0 Å². The standard InChI is InChI=1S/C10H11ClN4/c1-2-3-8-6-9(11)4-5-10(8)15-7-12-13-14-15/h4-7H,2-3H2,1H3. The van der Waals surface area contributed by atoms with Crippen molar-refractivity contribution in [1.82, 2.24) is 20.2 Å². The zero-order valence-electron chi connectivity index (χ0n) is 8.39. The molecule has 1 aromatic heterocycles. The van der Waals surface area contributed by atoms with Crippen LogP contribution in [0.15, 0.2) is 24.5 Å². The van der Waals surface area contributed by atoms with E-state index in [-0.39, 0.29) is 0 Å². The van der Waals surface area contributed by atoms with Gasteiger partial charge in [0.2, 0.25) is 0 Å². The Bertz CT molecular complexity index is 439. The summed E-state index contributed by atoms with van der Waals surface area (Å²) in [5, 5.41) is 11.9. The van der Waals surface area contributed by atoms with Crippen LogP contribution in [0.2, 0.25) is 5.02 Å². The van der Waals surface area contributed by atoms with Crippen molar-refractivity contribution in [3.05, 3.63) is 35.1 Å². The summed E-state index contributed by atoms with van der Waals surface area (Å²) in [6.07, 6.45) is 3.62. The number of nitrogens with zero attached hydrogens (tertiary/aromatic N) is 4. The second kappa shape index (κ2) is 4.40. The van der Waals surface area contributed by atoms with Gasteiger partial charge in [0.05, 0.1) is 5.69 Å². The summed E-state index contributed by atoms with van der Waals surface area (Å²) in [7, 11) is 0. The van der Waals surface area contributed by atoms with Gasteiger partial charge < -0.3 is 0 Å². The first kappa shape index (κ1) is 10.1. The fourth-order valence-electron chi connectivity index (χ4n) is 1.52. The van der Waals surface area contributed by atoms with Gasteiger partial charge in [-0.1, -0.05) is 24.9 Å². The largest absolute Gasteiger partial charge is 0.200 e. The minimum atomic E-state index is 0.746. The van der Waals surface area contributed by atoms with Crippen molar-refractivity contribution in [2.75, 3.05) is 0 Å². The van der Waals surface area contributed by atoms with Crippen molar-refractivity contribution < 1.29 is 0 Å². The molecule has 0 radical (unpaired) electrons. The summed E-state index contributed by atoms with van der Waals surface area (Å²) < 4.78 is 1.65. The fourth-order valence-corrected chi connectivity index (χ4v) is 1.71. The Morgan fingerprint density at radius 2 is 2.27 bits per heavy atom. The lowest BCUT2D eigenvalue weighted by Crippen LogP contribution is -2.00. The maximum absolute atomic E-state index is 5.95. The summed E-state index contributed by atoms with van der Waals surface area (Å²) >= 11 is 5.95. The molecule has 0 fully saturated rings. The minimum absolute atomic E-state index is 0.746. The van der Waals surface area contributed by atoms with Crippen molar-refractivity contribution in [2.24, 2.45) is 0 Å². The number of rotatable bonds is 3. The molecule has 0 atom stereocenters. The van der Waals surface area contributed by atoms with E-state index in [1.807, 2.05) is 18.2 Å². The maximum Gasteiger partial charge on any atom is 0.143 e. The van der Waals surface area contributed by atoms with E-state index in [1.165, 1.54) is 0 Å². The molecule has 1 aromatic carbocycles. The zero-order chi connectivity index (χ0) is 10.7. The van der Waals surface area contributed by atoms with E-state index < -0.39 is 0 Å². The van der Waals surface area contributed by atoms with Crippen molar-refractivity contribution >= 4 is 11.6 Å². The molecule has 0 amide bonds. The van der Waals surface area contributed by atoms with E-state index in [4.69, 9.17) is 11.6 Å². The monoisotopic (exact) mass is 222 g/mol. The van der Waals surface area contributed by atoms with Gasteiger partial charge in [0, 0.05) is 5.02 Å². The van der Waals surface area contributed by atoms with Crippen LogP contribution in [0.1, 0.15) is 18.9 Å². The van der Waals surface area contributed by atoms with Crippen LogP contribution in [-0.4, -0.2) is 20.2 Å². The number of aromatic nitrogens is 4. The van der Waals surface area contributed by atoms with Crippen molar-refractivity contribution in [3.8, 4) is 5.69 Å². The topological polar surface area (TPSA) is 43.6 Å². The van der Waals surface area contributed by atoms with Crippen molar-refractivity contribution in [3.63, 3.8) is 0 Å². The van der Waals surface area contributed by atoms with Gasteiger partial charge >= 0.3 is 0 Å². The Balaban J connectivity index is 2.46. The Morgan fingerprint density at radius 1 is 1.40 bits per heavy atom. The van der Waals surface area contributed by atoms with Gasteiger partial charge in [0.25, 0.3) is 0 Å². The molecule has 0 aliphatic carbocycles. The smallest absolute Gasteiger partial charge is 0.143 e. The predicted molar refractivity (Wildman–Crippen MR) is 58.2 cm³/mol. The molecule has 2 rings (SSSR count). The van der Waals surface area contributed by atoms with Gasteiger partial charge in [-0.15, -0.1) is 5.10 Å². The van der Waals surface area contributed by atoms with E-state index in [1.54, 1.807) is 11.0 Å². The summed E-state index contributed by atoms with van der Waals surface area (Å²) in [5.41, 5.74) is 2.16. The number of halogens is 1. The summed E-state index contributed by atoms with van der Waals surface area (Å²) in [6, 6.07) is 5.74. The van der Waals surface area contributed by atoms with Crippen LogP contribution in [-0.2, 0) is 6.42 Å². The molecule has 5 heteroatoms. The van der Waals surface area contributed by atoms with Crippen LogP contribution in [0.25, 0.3) is 5.69 Å². The molecule has 0 aliphatic rings. The number of hydrogen-bond donors (Lipinski definition) is 0. The molecule has 78 valence electrons. The highest BCUT2D eigenvalue weighted by molar-refractivity contribution is 6.30. The minimum Gasteiger partial charge on any atom is -0.200 e. The van der Waals surface area contributed by atoms with Crippen LogP contribution >= 0.6 is 11.6 Å². The predicted octanol–water partition coefficient (Wildman–Crippen LogP) is 2.27. The Kier molecular flexibility index (Phi) is 2.97. The number of aryl methyl sites for hydroxylation is 1. The maximum atomic E-state index is 5.95. The first-order chi connectivity index (χ1) is 7.31. The highest BCUT2D eigenvalue weighted by Gasteiger charge is 2.05. The normalized spacial score (nSPS) is 10.5. The summed E-state index contributed by atoms with van der Waals surface area (Å²) in [4.78, 5) is 0. The van der Waals surface area contributed by atoms with Gasteiger partial charge in [-0.2, -0.15) is 0 Å². The molecular weight excluding hydrogens is 212 g/mol. The molecule has 0 saturated heterocycles. The molecule has 4 nitrogen and oxygen atoms in total. The Morgan fingerprint density at radius 3 is 2.93 bits per heavy atom. The third kappa shape index (κ3) is 2.15. The molecule has 1 heterocycles. The van der Waals surface area contributed by atoms with Gasteiger partial charge in [0.15, 0.2) is 0 Å². The average molecular weight is 223 g/mol. The highest BCUT2D eigenvalue weighted by Crippen LogP contribution is 2.20. The first-order valence-corrected chi connectivity index (χ1v) is 5.21. The lowest BCUT2D eigenvalue weighted by atomic mass is 10.1. The quantitative estimate of drug-likeness (QED) is 0.800. The second-order valence-electron chi connectivity index (χ2n) is 3.28. The number of hydrogen-bond acceptors (Lipinski definition) is 3. The van der Waals surface area contributed by atoms with E-state index >= 15 is 0 Å². The lowest BCUT2D eigenvalue weighted by Gasteiger charge is -2.07. The Labute approximate surface area is 92.9 Å². The molecule has 0 spiro atoms. The molecule has 0 saturated carbocycles. The van der Waals surface area contributed by atoms with E-state index in [9.17, 15) is 0 Å². The third-order valence-electron chi connectivity index (χ3n) is 2.16. The third-order valence-corrected chi connectivity index (χ3v) is 2.39. The summed E-state index contributed by atoms with van der Waals surface area (Å²) in [6.45, 7) is 2.13. The fraction of sp³-hybridized carbons (Fsp3) is 0.300. The van der Waals surface area contributed by atoms with E-state index in [0.717, 1.165) is 29.1 Å². The SMILES string of the molecule is CCCc1cc(Cl)ccc1-n1cnnn1. The van der Waals surface area contributed by atoms with Crippen LogP contribution < -0.4 is 0 Å². The van der Waals surface area contributed by atoms with Gasteiger partial charge in [-0.3, -0.25) is 0 Å². The summed E-state index contributed by atoms with van der Waals surface area (Å²) in [5.74, 6) is 0. The van der Waals surface area contributed by atoms with Crippen LogP contribution in [0.4, 0.5) is 0 Å².